The van der Waals surface area contributed by atoms with Gasteiger partial charge in [-0.15, -0.1) is 0 Å². The Morgan fingerprint density at radius 1 is 0.600 bits per heavy atom. The number of hydrogen-bond acceptors (Lipinski definition) is 4. The molecule has 0 heterocycles. The standard InChI is InChI=1S/3C3H9Si.3Ca.H3O4P/c3*1-4(2)3;;;;1-5(2,3)4/h3*1-3H3;;;;(H3,1,2,3,4)/q;;;3*+1;/p-3. The summed E-state index contributed by atoms with van der Waals surface area (Å²) in [6, 6.07) is 0. The molecule has 11 heteroatoms. The fourth-order valence-electron chi connectivity index (χ4n) is 0. The second-order valence-corrected chi connectivity index (χ2v) is 54.2. The van der Waals surface area contributed by atoms with Gasteiger partial charge in [0.25, 0.3) is 0 Å². The van der Waals surface area contributed by atoms with Crippen LogP contribution >= 0.6 is 7.82 Å². The molecule has 20 heavy (non-hydrogen) atoms. The largest absolute Gasteiger partial charge is 0.822 e. The zero-order chi connectivity index (χ0) is 18.0. The average molecular weight is 435 g/mol. The van der Waals surface area contributed by atoms with Crippen LogP contribution in [0.5, 0.6) is 0 Å². The molecule has 0 radical (unpaired) electrons. The third-order valence-electron chi connectivity index (χ3n) is 0. The van der Waals surface area contributed by atoms with Gasteiger partial charge in [-0.2, -0.15) is 7.82 Å². The van der Waals surface area contributed by atoms with E-state index in [1.165, 1.54) is 104 Å². The quantitative estimate of drug-likeness (QED) is 0.401. The number of rotatable bonds is 0. The summed E-state index contributed by atoms with van der Waals surface area (Å²) >= 11 is 4.60. The van der Waals surface area contributed by atoms with E-state index in [-0.39, 0.29) is 0 Å². The second-order valence-electron chi connectivity index (χ2n) is 8.13. The third kappa shape index (κ3) is 507. The SMILES string of the molecule is C[Si](C)(C)[Ca+].C[Si](C)(C)[Ca+].C[Si](C)(C)[Ca+].O=P([O-])([O-])[O-]. The summed E-state index contributed by atoms with van der Waals surface area (Å²) in [5.41, 5.74) is 0. The van der Waals surface area contributed by atoms with Crippen LogP contribution in [0, 0.1) is 0 Å². The van der Waals surface area contributed by atoms with Crippen LogP contribution in [0.3, 0.4) is 0 Å². The van der Waals surface area contributed by atoms with Crippen LogP contribution < -0.4 is 14.7 Å². The summed E-state index contributed by atoms with van der Waals surface area (Å²) in [4.78, 5) is 25.6. The molecule has 0 saturated heterocycles. The van der Waals surface area contributed by atoms with Crippen LogP contribution in [0.25, 0.3) is 0 Å². The van der Waals surface area contributed by atoms with Crippen molar-refractivity contribution in [1.29, 1.82) is 0 Å². The molecule has 0 aliphatic rings. The van der Waals surface area contributed by atoms with Gasteiger partial charge in [0.05, 0.1) is 0 Å². The molecule has 0 N–H and O–H groups in total. The maximum atomic E-state index is 8.55. The Morgan fingerprint density at radius 2 is 0.600 bits per heavy atom. The van der Waals surface area contributed by atoms with Crippen molar-refractivity contribution in [2.75, 3.05) is 0 Å². The molecule has 0 aromatic carbocycles. The molecule has 0 amide bonds. The van der Waals surface area contributed by atoms with Crippen LogP contribution in [0.4, 0.5) is 0 Å². The number of phosphoric acid groups is 1. The summed E-state index contributed by atoms with van der Waals surface area (Å²) in [5.74, 6) is 0. The first kappa shape index (κ1) is 32.2. The van der Waals surface area contributed by atoms with Crippen LogP contribution in [0.15, 0.2) is 0 Å². The van der Waals surface area contributed by atoms with Gasteiger partial charge in [-0.25, -0.2) is 0 Å². The molecule has 0 aromatic rings. The van der Waals surface area contributed by atoms with Crippen LogP contribution in [0.1, 0.15) is 0 Å². The van der Waals surface area contributed by atoms with Crippen molar-refractivity contribution in [2.24, 2.45) is 0 Å². The molecule has 0 unspecified atom stereocenters. The van der Waals surface area contributed by atoms with E-state index in [0.717, 1.165) is 0 Å². The van der Waals surface area contributed by atoms with E-state index in [1.807, 2.05) is 0 Å². The Labute approximate surface area is 195 Å². The van der Waals surface area contributed by atoms with Crippen molar-refractivity contribution in [3.63, 3.8) is 0 Å². The van der Waals surface area contributed by atoms with Gasteiger partial charge >= 0.3 is 173 Å². The van der Waals surface area contributed by atoms with Gasteiger partial charge < -0.3 is 19.2 Å². The third-order valence-corrected chi connectivity index (χ3v) is 0. The van der Waals surface area contributed by atoms with Gasteiger partial charge in [-0.3, -0.25) is 0 Å². The van der Waals surface area contributed by atoms with Crippen molar-refractivity contribution in [3.05, 3.63) is 0 Å². The van der Waals surface area contributed by atoms with E-state index < -0.39 is 17.5 Å². The summed E-state index contributed by atoms with van der Waals surface area (Å²) in [5, 5.41) is 0. The molecule has 0 saturated carbocycles. The Bertz CT molecular complexity index is 214. The minimum absolute atomic E-state index is 0.486. The van der Waals surface area contributed by atoms with E-state index in [0.29, 0.717) is 0 Å². The maximum absolute atomic E-state index is 8.55. The van der Waals surface area contributed by atoms with Crippen molar-refractivity contribution in [3.8, 4) is 0 Å². The van der Waals surface area contributed by atoms with Crippen LogP contribution in [0.2, 0.25) is 58.9 Å². The molecule has 0 aliphatic carbocycles. The number of hydrogen-bond donors (Lipinski definition) is 0. The molecule has 0 rings (SSSR count). The van der Waals surface area contributed by atoms with Gasteiger partial charge in [0.2, 0.25) is 0 Å². The average Bonchev–Trinajstić information content (AvgIpc) is 1.62. The molecular weight excluding hydrogens is 408 g/mol. The summed E-state index contributed by atoms with van der Waals surface area (Å²) < 4.78 is 7.09. The zero-order valence-electron chi connectivity index (χ0n) is 14.7. The summed E-state index contributed by atoms with van der Waals surface area (Å²) in [6.45, 7) is 21.4. The first-order valence-electron chi connectivity index (χ1n) is 6.29. The Hall–Kier alpha value is 4.54. The van der Waals surface area contributed by atoms with E-state index in [1.54, 1.807) is 0 Å². The fraction of sp³-hybridized carbons (Fsp3) is 1.00. The summed E-state index contributed by atoms with van der Waals surface area (Å²) in [6.07, 6.45) is 0. The monoisotopic (exact) mass is 434 g/mol. The van der Waals surface area contributed by atoms with Crippen molar-refractivity contribution >= 4 is 122 Å². The first-order valence-corrected chi connectivity index (χ1v) is 28.8. The van der Waals surface area contributed by atoms with Gasteiger partial charge in [-0.05, 0) is 0 Å². The second kappa shape index (κ2) is 14.7. The van der Waals surface area contributed by atoms with Gasteiger partial charge in [-0.1, -0.05) is 0 Å². The Kier molecular flexibility index (Phi) is 23.7. The summed E-state index contributed by atoms with van der Waals surface area (Å²) in [7, 11) is -5.39. The van der Waals surface area contributed by atoms with Gasteiger partial charge in [0.1, 0.15) is 0 Å². The molecule has 0 fully saturated rings. The van der Waals surface area contributed by atoms with Crippen molar-refractivity contribution in [1.82, 2.24) is 0 Å². The smallest absolute Gasteiger partial charge is 0.159 e. The topological polar surface area (TPSA) is 86.2 Å². The van der Waals surface area contributed by atoms with Gasteiger partial charge in [0, 0.05) is 0 Å². The molecule has 0 atom stereocenters. The van der Waals surface area contributed by atoms with Gasteiger partial charge in [0.15, 0.2) is 0 Å². The minimum atomic E-state index is -5.39. The van der Waals surface area contributed by atoms with Crippen molar-refractivity contribution < 1.29 is 19.2 Å². The van der Waals surface area contributed by atoms with Crippen molar-refractivity contribution in [2.45, 2.75) is 58.9 Å². The van der Waals surface area contributed by atoms with E-state index >= 15 is 0 Å². The van der Waals surface area contributed by atoms with E-state index in [4.69, 9.17) is 19.2 Å². The fourth-order valence-corrected chi connectivity index (χ4v) is 0. The molecule has 0 spiro atoms. The molecular formula is C9H27Ca3O4PSi3. The normalized spacial score (nSPS) is 12.1. The molecule has 110 valence electrons. The molecule has 0 bridgehead atoms. The predicted octanol–water partition coefficient (Wildman–Crippen LogP) is 0.145. The Balaban J connectivity index is -0.0000000853. The zero-order valence-corrected chi connectivity index (χ0v) is 25.2. The molecule has 0 aliphatic heterocycles. The Morgan fingerprint density at radius 3 is 0.600 bits per heavy atom. The molecule has 4 nitrogen and oxygen atoms in total. The molecule has 0 aromatic heterocycles. The van der Waals surface area contributed by atoms with Crippen LogP contribution in [-0.4, -0.2) is 114 Å². The first-order chi connectivity index (χ1) is 8.00. The minimum Gasteiger partial charge on any atom is -0.822 e. The van der Waals surface area contributed by atoms with E-state index in [2.05, 4.69) is 58.9 Å². The predicted molar refractivity (Wildman–Crippen MR) is 94.9 cm³/mol. The van der Waals surface area contributed by atoms with E-state index in [9.17, 15) is 0 Å². The van der Waals surface area contributed by atoms with Crippen LogP contribution in [-0.2, 0) is 4.57 Å². The maximum Gasteiger partial charge on any atom is -0.159 e.